The van der Waals surface area contributed by atoms with Gasteiger partial charge in [-0.15, -0.1) is 11.3 Å². The van der Waals surface area contributed by atoms with E-state index in [4.69, 9.17) is 5.73 Å². The summed E-state index contributed by atoms with van der Waals surface area (Å²) in [5.41, 5.74) is 10.3. The predicted molar refractivity (Wildman–Crippen MR) is 136 cm³/mol. The third-order valence-corrected chi connectivity index (χ3v) is 6.62. The topological polar surface area (TPSA) is 108 Å². The number of amides is 2. The summed E-state index contributed by atoms with van der Waals surface area (Å²) in [5.74, 6) is -0.492. The zero-order chi connectivity index (χ0) is 24.1. The molecule has 0 aliphatic heterocycles. The van der Waals surface area contributed by atoms with Crippen LogP contribution in [-0.4, -0.2) is 11.8 Å². The monoisotopic (exact) mass is 466 g/mol. The molecule has 0 saturated carbocycles. The van der Waals surface area contributed by atoms with Crippen LogP contribution in [0.25, 0.3) is 0 Å². The number of nitrogens with two attached hydrogens (primary N) is 1. The normalized spacial score (nSPS) is 10.4. The number of thiophene rings is 1. The van der Waals surface area contributed by atoms with E-state index in [1.807, 2.05) is 37.3 Å². The number of rotatable bonds is 6. The molecule has 168 valence electrons. The Kier molecular flexibility index (Phi) is 6.72. The van der Waals surface area contributed by atoms with Gasteiger partial charge >= 0.3 is 0 Å². The minimum absolute atomic E-state index is 0.241. The molecule has 0 unspecified atom stereocenters. The van der Waals surface area contributed by atoms with Gasteiger partial charge in [0, 0.05) is 22.4 Å². The first-order valence-corrected chi connectivity index (χ1v) is 11.4. The molecule has 1 heterocycles. The van der Waals surface area contributed by atoms with Gasteiger partial charge in [0.2, 0.25) is 0 Å². The van der Waals surface area contributed by atoms with Gasteiger partial charge in [0.05, 0.1) is 16.9 Å². The van der Waals surface area contributed by atoms with E-state index in [0.29, 0.717) is 39.5 Å². The molecular formula is C27H22N4O2S. The molecule has 4 N–H and O–H groups in total. The minimum atomic E-state index is -0.251. The van der Waals surface area contributed by atoms with Gasteiger partial charge in [0.15, 0.2) is 0 Å². The number of nitrogens with zero attached hydrogens (tertiary/aromatic N) is 1. The lowest BCUT2D eigenvalue weighted by molar-refractivity contribution is 0.101. The van der Waals surface area contributed by atoms with Gasteiger partial charge in [0.1, 0.15) is 11.1 Å². The number of carbonyl (C=O) groups excluding carboxylic acids is 2. The molecule has 0 aliphatic rings. The molecule has 0 spiro atoms. The molecule has 3 aromatic carbocycles. The van der Waals surface area contributed by atoms with Gasteiger partial charge in [-0.3, -0.25) is 9.59 Å². The van der Waals surface area contributed by atoms with Crippen LogP contribution in [0.15, 0.2) is 78.9 Å². The predicted octanol–water partition coefficient (Wildman–Crippen LogP) is 5.61. The van der Waals surface area contributed by atoms with Crippen LogP contribution in [0.4, 0.5) is 16.4 Å². The standard InChI is InChI=1S/C27H22N4O2S/c1-17-21(16-28)27(31-26(33)19-7-3-2-4-8-19)34-24(17)15-18-11-13-20(14-12-18)25(32)30-23-10-6-5-9-22(23)29/h2-14H,15,29H2,1H3,(H,30,32)(H,31,33). The molecule has 0 bridgehead atoms. The van der Waals surface area contributed by atoms with Crippen molar-refractivity contribution in [2.75, 3.05) is 16.4 Å². The van der Waals surface area contributed by atoms with Crippen molar-refractivity contribution in [2.24, 2.45) is 0 Å². The van der Waals surface area contributed by atoms with E-state index < -0.39 is 0 Å². The molecule has 2 amide bonds. The molecular weight excluding hydrogens is 444 g/mol. The number of para-hydroxylation sites is 2. The van der Waals surface area contributed by atoms with E-state index >= 15 is 0 Å². The summed E-state index contributed by atoms with van der Waals surface area (Å²) in [4.78, 5) is 26.1. The number of anilines is 3. The Morgan fingerprint density at radius 3 is 2.18 bits per heavy atom. The lowest BCUT2D eigenvalue weighted by atomic mass is 10.0. The summed E-state index contributed by atoms with van der Waals surface area (Å²) >= 11 is 1.39. The van der Waals surface area contributed by atoms with Crippen LogP contribution in [0.2, 0.25) is 0 Å². The van der Waals surface area contributed by atoms with Crippen molar-refractivity contribution in [3.8, 4) is 6.07 Å². The third kappa shape index (κ3) is 4.98. The Morgan fingerprint density at radius 2 is 1.50 bits per heavy atom. The maximum atomic E-state index is 12.6. The smallest absolute Gasteiger partial charge is 0.256 e. The summed E-state index contributed by atoms with van der Waals surface area (Å²) in [6.45, 7) is 1.88. The Hall–Kier alpha value is -4.41. The Balaban J connectivity index is 1.48. The van der Waals surface area contributed by atoms with Crippen LogP contribution < -0.4 is 16.4 Å². The van der Waals surface area contributed by atoms with Crippen molar-refractivity contribution < 1.29 is 9.59 Å². The third-order valence-electron chi connectivity index (χ3n) is 5.41. The number of nitrogens with one attached hydrogen (secondary N) is 2. The van der Waals surface area contributed by atoms with Crippen LogP contribution in [0.3, 0.4) is 0 Å². The second kappa shape index (κ2) is 10.0. The van der Waals surface area contributed by atoms with Crippen molar-refractivity contribution >= 4 is 39.5 Å². The first-order valence-electron chi connectivity index (χ1n) is 10.6. The van der Waals surface area contributed by atoms with Crippen LogP contribution in [-0.2, 0) is 6.42 Å². The van der Waals surface area contributed by atoms with E-state index in [9.17, 15) is 14.9 Å². The number of hydrogen-bond acceptors (Lipinski definition) is 5. The van der Waals surface area contributed by atoms with E-state index in [1.165, 1.54) is 11.3 Å². The van der Waals surface area contributed by atoms with Crippen LogP contribution in [0.5, 0.6) is 0 Å². The zero-order valence-electron chi connectivity index (χ0n) is 18.5. The quantitative estimate of drug-likeness (QED) is 0.321. The van der Waals surface area contributed by atoms with Gasteiger partial charge in [-0.25, -0.2) is 0 Å². The Morgan fingerprint density at radius 1 is 0.882 bits per heavy atom. The summed E-state index contributed by atoms with van der Waals surface area (Å²) in [6.07, 6.45) is 0.583. The summed E-state index contributed by atoms with van der Waals surface area (Å²) < 4.78 is 0. The lowest BCUT2D eigenvalue weighted by Crippen LogP contribution is -2.13. The molecule has 0 radical (unpaired) electrons. The van der Waals surface area contributed by atoms with Gasteiger partial charge in [0.25, 0.3) is 11.8 Å². The molecule has 4 rings (SSSR count). The number of hydrogen-bond donors (Lipinski definition) is 3. The fraction of sp³-hybridized carbons (Fsp3) is 0.0741. The maximum Gasteiger partial charge on any atom is 0.256 e. The first-order chi connectivity index (χ1) is 16.5. The second-order valence-corrected chi connectivity index (χ2v) is 8.81. The summed E-state index contributed by atoms with van der Waals surface area (Å²) in [5, 5.41) is 15.9. The van der Waals surface area contributed by atoms with Crippen LogP contribution in [0, 0.1) is 18.3 Å². The number of carbonyl (C=O) groups is 2. The number of nitrogen functional groups attached to an aromatic ring is 1. The molecule has 0 fully saturated rings. The van der Waals surface area contributed by atoms with Crippen molar-refractivity contribution in [3.05, 3.63) is 112 Å². The van der Waals surface area contributed by atoms with E-state index in [1.54, 1.807) is 48.5 Å². The van der Waals surface area contributed by atoms with Crippen molar-refractivity contribution in [3.63, 3.8) is 0 Å². The number of nitriles is 1. The summed E-state index contributed by atoms with van der Waals surface area (Å²) in [6, 6.07) is 25.5. The fourth-order valence-electron chi connectivity index (χ4n) is 3.48. The molecule has 4 aromatic rings. The zero-order valence-corrected chi connectivity index (χ0v) is 19.3. The molecule has 6 nitrogen and oxygen atoms in total. The van der Waals surface area contributed by atoms with E-state index in [0.717, 1.165) is 16.0 Å². The van der Waals surface area contributed by atoms with E-state index in [-0.39, 0.29) is 11.8 Å². The highest BCUT2D eigenvalue weighted by atomic mass is 32.1. The van der Waals surface area contributed by atoms with E-state index in [2.05, 4.69) is 16.7 Å². The van der Waals surface area contributed by atoms with Gasteiger partial charge in [-0.05, 0) is 54.4 Å². The van der Waals surface area contributed by atoms with Crippen molar-refractivity contribution in [1.29, 1.82) is 5.26 Å². The molecule has 1 aromatic heterocycles. The van der Waals surface area contributed by atoms with Crippen LogP contribution in [0.1, 0.15) is 42.3 Å². The summed E-state index contributed by atoms with van der Waals surface area (Å²) in [7, 11) is 0. The largest absolute Gasteiger partial charge is 0.397 e. The first kappa shape index (κ1) is 22.8. The van der Waals surface area contributed by atoms with Crippen LogP contribution >= 0.6 is 11.3 Å². The molecule has 7 heteroatoms. The van der Waals surface area contributed by atoms with Gasteiger partial charge in [-0.2, -0.15) is 5.26 Å². The number of benzene rings is 3. The highest BCUT2D eigenvalue weighted by Gasteiger charge is 2.18. The average Bonchev–Trinajstić information content (AvgIpc) is 3.14. The maximum absolute atomic E-state index is 12.6. The lowest BCUT2D eigenvalue weighted by Gasteiger charge is -2.08. The molecule has 0 aliphatic carbocycles. The highest BCUT2D eigenvalue weighted by Crippen LogP contribution is 2.34. The molecule has 34 heavy (non-hydrogen) atoms. The SMILES string of the molecule is Cc1c(Cc2ccc(C(=O)Nc3ccccc3N)cc2)sc(NC(=O)c2ccccc2)c1C#N. The van der Waals surface area contributed by atoms with Crippen molar-refractivity contribution in [1.82, 2.24) is 0 Å². The van der Waals surface area contributed by atoms with Crippen molar-refractivity contribution in [2.45, 2.75) is 13.3 Å². The average molecular weight is 467 g/mol. The van der Waals surface area contributed by atoms with Gasteiger partial charge in [-0.1, -0.05) is 42.5 Å². The highest BCUT2D eigenvalue weighted by molar-refractivity contribution is 7.16. The Labute approximate surface area is 201 Å². The molecule has 0 saturated heterocycles. The van der Waals surface area contributed by atoms with Gasteiger partial charge < -0.3 is 16.4 Å². The minimum Gasteiger partial charge on any atom is -0.397 e. The fourth-order valence-corrected chi connectivity index (χ4v) is 4.67. The Bertz CT molecular complexity index is 1390. The second-order valence-electron chi connectivity index (χ2n) is 7.70. The molecule has 0 atom stereocenters.